The zero-order valence-corrected chi connectivity index (χ0v) is 13.1. The van der Waals surface area contributed by atoms with Gasteiger partial charge in [-0.3, -0.25) is 4.79 Å². The smallest absolute Gasteiger partial charge is 0.230 e. The second-order valence-electron chi connectivity index (χ2n) is 5.13. The summed E-state index contributed by atoms with van der Waals surface area (Å²) in [5.41, 5.74) is 5.85. The minimum atomic E-state index is -0.643. The van der Waals surface area contributed by atoms with E-state index in [1.807, 2.05) is 39.0 Å². The zero-order chi connectivity index (χ0) is 13.8. The molecule has 0 aliphatic rings. The fourth-order valence-electron chi connectivity index (χ4n) is 1.72. The number of carbonyl (C=O) groups is 1. The van der Waals surface area contributed by atoms with Gasteiger partial charge < -0.3 is 11.1 Å². The molecule has 0 radical (unpaired) electrons. The Morgan fingerprint density at radius 1 is 1.42 bits per heavy atom. The summed E-state index contributed by atoms with van der Waals surface area (Å²) >= 11 is 6.14. The number of halogens is 2. The summed E-state index contributed by atoms with van der Waals surface area (Å²) in [6.07, 6.45) is 0.768. The average Bonchev–Trinajstić information content (AvgIpc) is 2.28. The molecule has 1 amide bonds. The molecule has 0 fully saturated rings. The highest BCUT2D eigenvalue weighted by molar-refractivity contribution is 6.31. The van der Waals surface area contributed by atoms with Crippen LogP contribution in [-0.4, -0.2) is 18.5 Å². The van der Waals surface area contributed by atoms with Crippen LogP contribution in [0.25, 0.3) is 0 Å². The molecule has 19 heavy (non-hydrogen) atoms. The largest absolute Gasteiger partial charge is 0.355 e. The molecule has 1 aromatic carbocycles. The van der Waals surface area contributed by atoms with E-state index in [0.29, 0.717) is 11.6 Å². The highest BCUT2D eigenvalue weighted by Crippen LogP contribution is 2.29. The van der Waals surface area contributed by atoms with Gasteiger partial charge in [0.15, 0.2) is 0 Å². The Hall–Kier alpha value is -0.770. The van der Waals surface area contributed by atoms with Gasteiger partial charge in [-0.15, -0.1) is 12.4 Å². The molecule has 0 heterocycles. The minimum Gasteiger partial charge on any atom is -0.355 e. The van der Waals surface area contributed by atoms with Gasteiger partial charge in [-0.2, -0.15) is 0 Å². The van der Waals surface area contributed by atoms with Crippen LogP contribution < -0.4 is 11.1 Å². The lowest BCUT2D eigenvalue weighted by molar-refractivity contribution is -0.125. The van der Waals surface area contributed by atoms with Gasteiger partial charge >= 0.3 is 0 Å². The minimum absolute atomic E-state index is 0. The Labute approximate surface area is 126 Å². The maximum atomic E-state index is 12.2. The molecule has 1 aromatic rings. The topological polar surface area (TPSA) is 55.1 Å². The van der Waals surface area contributed by atoms with Gasteiger partial charge in [0.05, 0.1) is 5.41 Å². The number of hydrogen-bond acceptors (Lipinski definition) is 2. The summed E-state index contributed by atoms with van der Waals surface area (Å²) in [6.45, 7) is 6.25. The maximum absolute atomic E-state index is 12.2. The van der Waals surface area contributed by atoms with Gasteiger partial charge in [-0.25, -0.2) is 0 Å². The van der Waals surface area contributed by atoms with E-state index < -0.39 is 5.41 Å². The standard InChI is InChI=1S/C14H21ClN2O.ClH/c1-10(16)8-9-17-13(18)14(2,3)11-6-4-5-7-12(11)15;/h4-7,10H,8-9,16H2,1-3H3,(H,17,18);1H. The Bertz CT molecular complexity index is 420. The second-order valence-corrected chi connectivity index (χ2v) is 5.53. The Kier molecular flexibility index (Phi) is 7.42. The third kappa shape index (κ3) is 5.01. The lowest BCUT2D eigenvalue weighted by Gasteiger charge is -2.25. The van der Waals surface area contributed by atoms with Crippen LogP contribution in [0.4, 0.5) is 0 Å². The predicted octanol–water partition coefficient (Wildman–Crippen LogP) is 2.89. The van der Waals surface area contributed by atoms with Crippen molar-refractivity contribution in [3.8, 4) is 0 Å². The van der Waals surface area contributed by atoms with E-state index in [1.165, 1.54) is 0 Å². The molecule has 0 saturated heterocycles. The molecule has 0 aromatic heterocycles. The van der Waals surface area contributed by atoms with E-state index in [-0.39, 0.29) is 24.4 Å². The monoisotopic (exact) mass is 304 g/mol. The fraction of sp³-hybridized carbons (Fsp3) is 0.500. The SMILES string of the molecule is CC(N)CCNC(=O)C(C)(C)c1ccccc1Cl.Cl. The maximum Gasteiger partial charge on any atom is 0.230 e. The molecule has 0 saturated carbocycles. The second kappa shape index (κ2) is 7.73. The van der Waals surface area contributed by atoms with Crippen LogP contribution in [0.15, 0.2) is 24.3 Å². The molecule has 3 nitrogen and oxygen atoms in total. The van der Waals surface area contributed by atoms with Crippen molar-refractivity contribution < 1.29 is 4.79 Å². The van der Waals surface area contributed by atoms with Crippen LogP contribution in [0.5, 0.6) is 0 Å². The van der Waals surface area contributed by atoms with E-state index in [0.717, 1.165) is 12.0 Å². The van der Waals surface area contributed by atoms with E-state index in [9.17, 15) is 4.79 Å². The summed E-state index contributed by atoms with van der Waals surface area (Å²) in [4.78, 5) is 12.2. The molecule has 0 aliphatic carbocycles. The van der Waals surface area contributed by atoms with Crippen molar-refractivity contribution in [3.05, 3.63) is 34.9 Å². The van der Waals surface area contributed by atoms with Crippen molar-refractivity contribution in [2.45, 2.75) is 38.6 Å². The van der Waals surface area contributed by atoms with Gasteiger partial charge in [0.1, 0.15) is 0 Å². The van der Waals surface area contributed by atoms with Crippen LogP contribution in [0.2, 0.25) is 5.02 Å². The Morgan fingerprint density at radius 3 is 2.53 bits per heavy atom. The van der Waals surface area contributed by atoms with Gasteiger partial charge in [-0.05, 0) is 38.8 Å². The van der Waals surface area contributed by atoms with Crippen LogP contribution in [-0.2, 0) is 10.2 Å². The van der Waals surface area contributed by atoms with Crippen molar-refractivity contribution in [1.29, 1.82) is 0 Å². The molecular formula is C14H22Cl2N2O. The number of nitrogens with two attached hydrogens (primary N) is 1. The molecule has 0 spiro atoms. The van der Waals surface area contributed by atoms with Gasteiger partial charge in [0, 0.05) is 17.6 Å². The molecular weight excluding hydrogens is 283 g/mol. The van der Waals surface area contributed by atoms with Crippen molar-refractivity contribution in [2.75, 3.05) is 6.54 Å². The Balaban J connectivity index is 0.00000324. The van der Waals surface area contributed by atoms with Gasteiger partial charge in [0.2, 0.25) is 5.91 Å². The van der Waals surface area contributed by atoms with Crippen molar-refractivity contribution in [2.24, 2.45) is 5.73 Å². The third-order valence-electron chi connectivity index (χ3n) is 3.00. The van der Waals surface area contributed by atoms with E-state index in [1.54, 1.807) is 6.07 Å². The van der Waals surface area contributed by atoms with Crippen LogP contribution in [0, 0.1) is 0 Å². The number of rotatable bonds is 5. The summed E-state index contributed by atoms with van der Waals surface area (Å²) in [5.74, 6) is -0.0312. The molecule has 1 atom stereocenters. The van der Waals surface area contributed by atoms with E-state index in [2.05, 4.69) is 5.32 Å². The third-order valence-corrected chi connectivity index (χ3v) is 3.33. The highest BCUT2D eigenvalue weighted by atomic mass is 35.5. The first-order chi connectivity index (χ1) is 8.35. The Morgan fingerprint density at radius 2 is 2.00 bits per heavy atom. The molecule has 1 unspecified atom stereocenters. The molecule has 108 valence electrons. The van der Waals surface area contributed by atoms with Crippen LogP contribution in [0.3, 0.4) is 0 Å². The fourth-order valence-corrected chi connectivity index (χ4v) is 2.10. The molecule has 1 rings (SSSR count). The first kappa shape index (κ1) is 18.2. The molecule has 0 aliphatic heterocycles. The van der Waals surface area contributed by atoms with E-state index in [4.69, 9.17) is 17.3 Å². The van der Waals surface area contributed by atoms with Crippen molar-refractivity contribution >= 4 is 29.9 Å². The van der Waals surface area contributed by atoms with Crippen LogP contribution >= 0.6 is 24.0 Å². The van der Waals surface area contributed by atoms with Crippen molar-refractivity contribution in [1.82, 2.24) is 5.32 Å². The number of carbonyl (C=O) groups excluding carboxylic acids is 1. The lowest BCUT2D eigenvalue weighted by Crippen LogP contribution is -2.41. The summed E-state index contributed by atoms with van der Waals surface area (Å²) in [7, 11) is 0. The molecule has 5 heteroatoms. The van der Waals surface area contributed by atoms with Gasteiger partial charge in [-0.1, -0.05) is 29.8 Å². The normalized spacial score (nSPS) is 12.5. The predicted molar refractivity (Wildman–Crippen MR) is 83.0 cm³/mol. The summed E-state index contributed by atoms with van der Waals surface area (Å²) in [5, 5.41) is 3.52. The summed E-state index contributed by atoms with van der Waals surface area (Å²) < 4.78 is 0. The summed E-state index contributed by atoms with van der Waals surface area (Å²) in [6, 6.07) is 7.52. The zero-order valence-electron chi connectivity index (χ0n) is 11.6. The first-order valence-corrected chi connectivity index (χ1v) is 6.52. The van der Waals surface area contributed by atoms with Crippen molar-refractivity contribution in [3.63, 3.8) is 0 Å². The van der Waals surface area contributed by atoms with Gasteiger partial charge in [0.25, 0.3) is 0 Å². The van der Waals surface area contributed by atoms with Crippen LogP contribution in [0.1, 0.15) is 32.8 Å². The quantitative estimate of drug-likeness (QED) is 0.879. The lowest BCUT2D eigenvalue weighted by atomic mass is 9.83. The number of nitrogens with one attached hydrogen (secondary N) is 1. The number of hydrogen-bond donors (Lipinski definition) is 2. The molecule has 0 bridgehead atoms. The highest BCUT2D eigenvalue weighted by Gasteiger charge is 2.31. The molecule has 3 N–H and O–H groups in total. The number of amides is 1. The first-order valence-electron chi connectivity index (χ1n) is 6.14. The van der Waals surface area contributed by atoms with E-state index >= 15 is 0 Å². The number of benzene rings is 1. The average molecular weight is 305 g/mol.